The van der Waals surface area contributed by atoms with Crippen LogP contribution in [0.4, 0.5) is 10.5 Å². The van der Waals surface area contributed by atoms with Crippen molar-refractivity contribution in [3.8, 4) is 0 Å². The predicted octanol–water partition coefficient (Wildman–Crippen LogP) is 2.94. The van der Waals surface area contributed by atoms with Crippen LogP contribution in [0.3, 0.4) is 0 Å². The molecule has 0 aliphatic carbocycles. The Labute approximate surface area is 150 Å². The van der Waals surface area contributed by atoms with Gasteiger partial charge in [-0.3, -0.25) is 4.79 Å². The molecule has 1 aromatic rings. The molecule has 1 N–H and O–H groups in total. The maximum atomic E-state index is 12.6. The first-order valence-corrected chi connectivity index (χ1v) is 8.66. The van der Waals surface area contributed by atoms with E-state index < -0.39 is 17.7 Å². The third-order valence-electron chi connectivity index (χ3n) is 4.36. The number of carbonyl (C=O) groups excluding carboxylic acids is 2. The number of rotatable bonds is 4. The zero-order valence-corrected chi connectivity index (χ0v) is 16.0. The van der Waals surface area contributed by atoms with Crippen molar-refractivity contribution in [1.29, 1.82) is 0 Å². The van der Waals surface area contributed by atoms with E-state index in [-0.39, 0.29) is 5.91 Å². The van der Waals surface area contributed by atoms with Crippen LogP contribution >= 0.6 is 0 Å². The highest BCUT2D eigenvalue weighted by molar-refractivity contribution is 6.00. The third kappa shape index (κ3) is 4.95. The number of hydrogen-bond acceptors (Lipinski definition) is 4. The Bertz CT molecular complexity index is 620. The number of nitrogens with one attached hydrogen (secondary N) is 1. The molecule has 1 heterocycles. The van der Waals surface area contributed by atoms with E-state index >= 15 is 0 Å². The Balaban J connectivity index is 2.00. The largest absolute Gasteiger partial charge is 0.444 e. The lowest BCUT2D eigenvalue weighted by molar-refractivity contribution is -0.118. The first-order valence-electron chi connectivity index (χ1n) is 8.66. The fourth-order valence-electron chi connectivity index (χ4n) is 2.75. The molecule has 0 aromatic heterocycles. The lowest BCUT2D eigenvalue weighted by Crippen LogP contribution is -2.43. The smallest absolute Gasteiger partial charge is 0.408 e. The molecule has 1 fully saturated rings. The standard InChI is InChI=1S/C19H29N3O3/c1-13(21(5)6)14-7-9-15(10-8-14)22-12-11-16(17(22)23)20-18(24)25-19(2,3)4/h7-10,13,16H,11-12H2,1-6H3,(H,20,24). The average Bonchev–Trinajstić information content (AvgIpc) is 2.85. The van der Waals surface area contributed by atoms with Gasteiger partial charge >= 0.3 is 6.09 Å². The van der Waals surface area contributed by atoms with Crippen molar-refractivity contribution in [2.75, 3.05) is 25.5 Å². The first-order chi connectivity index (χ1) is 11.6. The summed E-state index contributed by atoms with van der Waals surface area (Å²) in [4.78, 5) is 28.3. The summed E-state index contributed by atoms with van der Waals surface area (Å²) in [5, 5.41) is 2.67. The third-order valence-corrected chi connectivity index (χ3v) is 4.36. The topological polar surface area (TPSA) is 61.9 Å². The second-order valence-electron chi connectivity index (χ2n) is 7.71. The van der Waals surface area contributed by atoms with Crippen LogP contribution in [0.2, 0.25) is 0 Å². The molecule has 6 heteroatoms. The number of carbonyl (C=O) groups is 2. The van der Waals surface area contributed by atoms with Crippen molar-refractivity contribution in [2.45, 2.75) is 51.8 Å². The monoisotopic (exact) mass is 347 g/mol. The van der Waals surface area contributed by atoms with E-state index in [9.17, 15) is 9.59 Å². The molecule has 2 unspecified atom stereocenters. The summed E-state index contributed by atoms with van der Waals surface area (Å²) in [7, 11) is 4.07. The minimum Gasteiger partial charge on any atom is -0.444 e. The van der Waals surface area contributed by atoms with Gasteiger partial charge in [-0.15, -0.1) is 0 Å². The molecule has 138 valence electrons. The van der Waals surface area contributed by atoms with Gasteiger partial charge in [-0.25, -0.2) is 4.79 Å². The summed E-state index contributed by atoms with van der Waals surface area (Å²) < 4.78 is 5.23. The molecule has 25 heavy (non-hydrogen) atoms. The van der Waals surface area contributed by atoms with E-state index in [1.807, 2.05) is 38.4 Å². The summed E-state index contributed by atoms with van der Waals surface area (Å²) in [5.41, 5.74) is 1.47. The Morgan fingerprint density at radius 2 is 1.88 bits per heavy atom. The van der Waals surface area contributed by atoms with Crippen molar-refractivity contribution in [3.63, 3.8) is 0 Å². The predicted molar refractivity (Wildman–Crippen MR) is 98.7 cm³/mol. The molecule has 1 aliphatic heterocycles. The van der Waals surface area contributed by atoms with Crippen LogP contribution in [0.15, 0.2) is 24.3 Å². The second-order valence-corrected chi connectivity index (χ2v) is 7.71. The van der Waals surface area contributed by atoms with Crippen molar-refractivity contribution in [1.82, 2.24) is 10.2 Å². The highest BCUT2D eigenvalue weighted by atomic mass is 16.6. The van der Waals surface area contributed by atoms with Crippen LogP contribution in [-0.2, 0) is 9.53 Å². The van der Waals surface area contributed by atoms with Gasteiger partial charge < -0.3 is 19.9 Å². The Morgan fingerprint density at radius 3 is 2.40 bits per heavy atom. The number of anilines is 1. The summed E-state index contributed by atoms with van der Waals surface area (Å²) in [6.45, 7) is 8.11. The average molecular weight is 347 g/mol. The first kappa shape index (κ1) is 19.2. The molecule has 2 atom stereocenters. The molecule has 1 aliphatic rings. The fraction of sp³-hybridized carbons (Fsp3) is 0.579. The van der Waals surface area contributed by atoms with E-state index in [0.29, 0.717) is 19.0 Å². The van der Waals surface area contributed by atoms with Crippen LogP contribution in [0, 0.1) is 0 Å². The van der Waals surface area contributed by atoms with Gasteiger partial charge in [0, 0.05) is 18.3 Å². The van der Waals surface area contributed by atoms with E-state index in [1.165, 1.54) is 5.56 Å². The zero-order valence-electron chi connectivity index (χ0n) is 16.0. The Kier molecular flexibility index (Phi) is 5.72. The number of ether oxygens (including phenoxy) is 1. The summed E-state index contributed by atoms with van der Waals surface area (Å²) in [6.07, 6.45) is 0.0244. The maximum Gasteiger partial charge on any atom is 0.408 e. The summed E-state index contributed by atoms with van der Waals surface area (Å²) in [6, 6.07) is 7.79. The van der Waals surface area contributed by atoms with Gasteiger partial charge in [-0.05, 0) is 65.9 Å². The van der Waals surface area contributed by atoms with Gasteiger partial charge in [0.2, 0.25) is 5.91 Å². The van der Waals surface area contributed by atoms with Gasteiger partial charge in [-0.1, -0.05) is 12.1 Å². The molecule has 0 bridgehead atoms. The van der Waals surface area contributed by atoms with Gasteiger partial charge in [0.25, 0.3) is 0 Å². The number of amides is 2. The van der Waals surface area contributed by atoms with Crippen LogP contribution in [-0.4, -0.2) is 49.2 Å². The molecule has 2 rings (SSSR count). The van der Waals surface area contributed by atoms with E-state index in [2.05, 4.69) is 17.1 Å². The Hall–Kier alpha value is -2.08. The van der Waals surface area contributed by atoms with Gasteiger partial charge in [0.15, 0.2) is 0 Å². The van der Waals surface area contributed by atoms with E-state index in [4.69, 9.17) is 4.74 Å². The van der Waals surface area contributed by atoms with Gasteiger partial charge in [0.05, 0.1) is 0 Å². The summed E-state index contributed by atoms with van der Waals surface area (Å²) in [5.74, 6) is -0.0979. The number of hydrogen-bond donors (Lipinski definition) is 1. The van der Waals surface area contributed by atoms with E-state index in [0.717, 1.165) is 5.69 Å². The molecule has 1 saturated heterocycles. The molecule has 0 radical (unpaired) electrons. The molecular weight excluding hydrogens is 318 g/mol. The van der Waals surface area contributed by atoms with Crippen LogP contribution < -0.4 is 10.2 Å². The maximum absolute atomic E-state index is 12.6. The minimum atomic E-state index is -0.579. The molecule has 2 amide bonds. The van der Waals surface area contributed by atoms with Crippen LogP contribution in [0.5, 0.6) is 0 Å². The number of alkyl carbamates (subject to hydrolysis) is 1. The SMILES string of the molecule is CC(c1ccc(N2CCC(NC(=O)OC(C)(C)C)C2=O)cc1)N(C)C. The Morgan fingerprint density at radius 1 is 1.28 bits per heavy atom. The van der Waals surface area contributed by atoms with Crippen molar-refractivity contribution < 1.29 is 14.3 Å². The minimum absolute atomic E-state index is 0.0979. The lowest BCUT2D eigenvalue weighted by atomic mass is 10.1. The van der Waals surface area contributed by atoms with Crippen LogP contribution in [0.1, 0.15) is 45.7 Å². The zero-order chi connectivity index (χ0) is 18.8. The quantitative estimate of drug-likeness (QED) is 0.910. The van der Waals surface area contributed by atoms with Crippen molar-refractivity contribution >= 4 is 17.7 Å². The van der Waals surface area contributed by atoms with Gasteiger partial charge in [0.1, 0.15) is 11.6 Å². The molecular formula is C19H29N3O3. The van der Waals surface area contributed by atoms with Crippen molar-refractivity contribution in [2.24, 2.45) is 0 Å². The number of benzene rings is 1. The molecule has 0 spiro atoms. The lowest BCUT2D eigenvalue weighted by Gasteiger charge is -2.23. The highest BCUT2D eigenvalue weighted by Gasteiger charge is 2.34. The summed E-state index contributed by atoms with van der Waals surface area (Å²) >= 11 is 0. The van der Waals surface area contributed by atoms with Crippen molar-refractivity contribution in [3.05, 3.63) is 29.8 Å². The normalized spacial score (nSPS) is 19.2. The van der Waals surface area contributed by atoms with E-state index in [1.54, 1.807) is 25.7 Å². The molecule has 6 nitrogen and oxygen atoms in total. The second kappa shape index (κ2) is 7.44. The van der Waals surface area contributed by atoms with Gasteiger partial charge in [-0.2, -0.15) is 0 Å². The highest BCUT2D eigenvalue weighted by Crippen LogP contribution is 2.25. The number of nitrogens with zero attached hydrogens (tertiary/aromatic N) is 2. The van der Waals surface area contributed by atoms with Crippen LogP contribution in [0.25, 0.3) is 0 Å². The molecule has 0 saturated carbocycles. The molecule has 1 aromatic carbocycles. The fourth-order valence-corrected chi connectivity index (χ4v) is 2.75.